The van der Waals surface area contributed by atoms with E-state index in [0.717, 1.165) is 12.2 Å². The van der Waals surface area contributed by atoms with Gasteiger partial charge in [0.05, 0.1) is 6.20 Å². The van der Waals surface area contributed by atoms with Crippen LogP contribution in [0.1, 0.15) is 11.3 Å². The number of hydrogen-bond acceptors (Lipinski definition) is 3. The maximum absolute atomic E-state index is 4.25. The van der Waals surface area contributed by atoms with Crippen molar-refractivity contribution in [3.05, 3.63) is 47.1 Å². The number of thiophene rings is 1. The van der Waals surface area contributed by atoms with E-state index in [9.17, 15) is 0 Å². The van der Waals surface area contributed by atoms with Crippen LogP contribution in [0, 0.1) is 6.92 Å². The monoisotopic (exact) mass is 257 g/mol. The minimum Gasteiger partial charge on any atom is -0.381 e. The Balaban J connectivity index is 1.78. The molecule has 0 radical (unpaired) electrons. The quantitative estimate of drug-likeness (QED) is 0.777. The second kappa shape index (κ2) is 4.46. The minimum absolute atomic E-state index is 0.815. The van der Waals surface area contributed by atoms with Crippen molar-refractivity contribution in [2.45, 2.75) is 13.5 Å². The van der Waals surface area contributed by atoms with Gasteiger partial charge in [0, 0.05) is 35.2 Å². The molecule has 3 rings (SSSR count). The molecule has 0 spiro atoms. The fourth-order valence-corrected chi connectivity index (χ4v) is 2.76. The summed E-state index contributed by atoms with van der Waals surface area (Å²) >= 11 is 1.78. The summed E-state index contributed by atoms with van der Waals surface area (Å²) in [5.74, 6) is 0. The zero-order valence-corrected chi connectivity index (χ0v) is 11.3. The van der Waals surface area contributed by atoms with Crippen molar-refractivity contribution in [3.63, 3.8) is 0 Å². The Morgan fingerprint density at radius 3 is 3.00 bits per heavy atom. The average molecular weight is 257 g/mol. The van der Waals surface area contributed by atoms with Gasteiger partial charge in [0.15, 0.2) is 0 Å². The van der Waals surface area contributed by atoms with Crippen LogP contribution < -0.4 is 5.32 Å². The van der Waals surface area contributed by atoms with Crippen LogP contribution >= 0.6 is 11.3 Å². The van der Waals surface area contributed by atoms with E-state index >= 15 is 0 Å². The van der Waals surface area contributed by atoms with Gasteiger partial charge >= 0.3 is 0 Å². The van der Waals surface area contributed by atoms with Crippen molar-refractivity contribution in [3.8, 4) is 0 Å². The van der Waals surface area contributed by atoms with Gasteiger partial charge in [-0.2, -0.15) is 5.10 Å². The summed E-state index contributed by atoms with van der Waals surface area (Å²) in [7, 11) is 1.97. The number of nitrogens with one attached hydrogen (secondary N) is 1. The molecule has 0 unspecified atom stereocenters. The summed E-state index contributed by atoms with van der Waals surface area (Å²) in [5, 5.41) is 11.1. The van der Waals surface area contributed by atoms with Crippen LogP contribution in [-0.4, -0.2) is 9.78 Å². The number of aromatic nitrogens is 2. The van der Waals surface area contributed by atoms with Gasteiger partial charge in [-0.1, -0.05) is 0 Å². The van der Waals surface area contributed by atoms with Crippen LogP contribution in [0.5, 0.6) is 0 Å². The summed E-state index contributed by atoms with van der Waals surface area (Å²) in [6, 6.07) is 8.64. The maximum atomic E-state index is 4.25. The van der Waals surface area contributed by atoms with Gasteiger partial charge in [-0.3, -0.25) is 4.68 Å². The highest BCUT2D eigenvalue weighted by atomic mass is 32.1. The predicted molar refractivity (Wildman–Crippen MR) is 77.1 cm³/mol. The molecule has 2 aromatic heterocycles. The molecule has 92 valence electrons. The zero-order valence-electron chi connectivity index (χ0n) is 10.5. The third kappa shape index (κ3) is 1.99. The first kappa shape index (κ1) is 11.3. The third-order valence-electron chi connectivity index (χ3n) is 3.27. The van der Waals surface area contributed by atoms with Crippen LogP contribution in [0.4, 0.5) is 5.69 Å². The first-order valence-corrected chi connectivity index (χ1v) is 6.80. The molecule has 0 aliphatic heterocycles. The molecule has 0 saturated heterocycles. The van der Waals surface area contributed by atoms with E-state index in [1.165, 1.54) is 21.3 Å². The Morgan fingerprint density at radius 1 is 1.33 bits per heavy atom. The molecule has 0 amide bonds. The highest BCUT2D eigenvalue weighted by molar-refractivity contribution is 7.17. The largest absolute Gasteiger partial charge is 0.381 e. The summed E-state index contributed by atoms with van der Waals surface area (Å²) in [6.45, 7) is 2.90. The second-order valence-corrected chi connectivity index (χ2v) is 5.35. The van der Waals surface area contributed by atoms with Gasteiger partial charge in [-0.15, -0.1) is 11.3 Å². The third-order valence-corrected chi connectivity index (χ3v) is 4.17. The SMILES string of the molecule is Cc1c(CNc2ccc3sccc3c2)cnn1C. The number of benzene rings is 1. The number of anilines is 1. The zero-order chi connectivity index (χ0) is 12.5. The van der Waals surface area contributed by atoms with E-state index in [4.69, 9.17) is 0 Å². The molecule has 2 heterocycles. The first-order valence-electron chi connectivity index (χ1n) is 5.92. The molecule has 0 fully saturated rings. The molecule has 0 aliphatic rings. The van der Waals surface area contributed by atoms with E-state index in [-0.39, 0.29) is 0 Å². The normalized spacial score (nSPS) is 11.0. The molecule has 0 saturated carbocycles. The van der Waals surface area contributed by atoms with Crippen LogP contribution in [0.25, 0.3) is 10.1 Å². The van der Waals surface area contributed by atoms with Crippen molar-refractivity contribution >= 4 is 27.1 Å². The summed E-state index contributed by atoms with van der Waals surface area (Å²) in [4.78, 5) is 0. The van der Waals surface area contributed by atoms with E-state index in [2.05, 4.69) is 47.0 Å². The Bertz CT molecular complexity index is 681. The highest BCUT2D eigenvalue weighted by Gasteiger charge is 2.03. The van der Waals surface area contributed by atoms with Crippen LogP contribution in [0.3, 0.4) is 0 Å². The van der Waals surface area contributed by atoms with E-state index < -0.39 is 0 Å². The number of nitrogens with zero attached hydrogens (tertiary/aromatic N) is 2. The smallest absolute Gasteiger partial charge is 0.0542 e. The molecular weight excluding hydrogens is 242 g/mol. The number of rotatable bonds is 3. The molecule has 0 aliphatic carbocycles. The molecule has 3 aromatic rings. The molecule has 1 N–H and O–H groups in total. The lowest BCUT2D eigenvalue weighted by molar-refractivity contribution is 0.738. The van der Waals surface area contributed by atoms with Gasteiger partial charge < -0.3 is 5.32 Å². The summed E-state index contributed by atoms with van der Waals surface area (Å²) in [6.07, 6.45) is 1.92. The molecular formula is C14H15N3S. The maximum Gasteiger partial charge on any atom is 0.0542 e. The van der Waals surface area contributed by atoms with Crippen molar-refractivity contribution in [2.24, 2.45) is 7.05 Å². The molecule has 1 aromatic carbocycles. The molecule has 3 nitrogen and oxygen atoms in total. The number of aryl methyl sites for hydroxylation is 1. The van der Waals surface area contributed by atoms with Gasteiger partial charge in [-0.25, -0.2) is 0 Å². The summed E-state index contributed by atoms with van der Waals surface area (Å²) in [5.41, 5.74) is 3.60. The topological polar surface area (TPSA) is 29.9 Å². The van der Waals surface area contributed by atoms with Gasteiger partial charge in [0.2, 0.25) is 0 Å². The molecule has 18 heavy (non-hydrogen) atoms. The number of hydrogen-bond donors (Lipinski definition) is 1. The van der Waals surface area contributed by atoms with Crippen LogP contribution in [-0.2, 0) is 13.6 Å². The lowest BCUT2D eigenvalue weighted by Gasteiger charge is -2.06. The predicted octanol–water partition coefficient (Wildman–Crippen LogP) is 3.56. The van der Waals surface area contributed by atoms with Crippen molar-refractivity contribution in [1.82, 2.24) is 9.78 Å². The lowest BCUT2D eigenvalue weighted by Crippen LogP contribution is -2.01. The number of fused-ring (bicyclic) bond motifs is 1. The Kier molecular flexibility index (Phi) is 2.80. The minimum atomic E-state index is 0.815. The Labute approximate surface area is 110 Å². The molecule has 0 bridgehead atoms. The Morgan fingerprint density at radius 2 is 2.22 bits per heavy atom. The fourth-order valence-electron chi connectivity index (χ4n) is 1.99. The highest BCUT2D eigenvalue weighted by Crippen LogP contribution is 2.24. The van der Waals surface area contributed by atoms with Crippen molar-refractivity contribution < 1.29 is 0 Å². The summed E-state index contributed by atoms with van der Waals surface area (Å²) < 4.78 is 3.23. The molecule has 0 atom stereocenters. The first-order chi connectivity index (χ1) is 8.74. The van der Waals surface area contributed by atoms with Gasteiger partial charge in [0.1, 0.15) is 0 Å². The van der Waals surface area contributed by atoms with E-state index in [1.54, 1.807) is 11.3 Å². The second-order valence-electron chi connectivity index (χ2n) is 4.41. The Hall–Kier alpha value is -1.81. The van der Waals surface area contributed by atoms with Crippen LogP contribution in [0.2, 0.25) is 0 Å². The van der Waals surface area contributed by atoms with Gasteiger partial charge in [-0.05, 0) is 42.0 Å². The standard InChI is InChI=1S/C14H15N3S/c1-10-12(9-16-17(10)2)8-15-13-3-4-14-11(7-13)5-6-18-14/h3-7,9,15H,8H2,1-2H3. The average Bonchev–Trinajstić information content (AvgIpc) is 2.96. The fraction of sp³-hybridized carbons (Fsp3) is 0.214. The van der Waals surface area contributed by atoms with Crippen molar-refractivity contribution in [2.75, 3.05) is 5.32 Å². The van der Waals surface area contributed by atoms with Crippen LogP contribution in [0.15, 0.2) is 35.8 Å². The molecule has 4 heteroatoms. The van der Waals surface area contributed by atoms with E-state index in [1.807, 2.05) is 17.9 Å². The van der Waals surface area contributed by atoms with Crippen molar-refractivity contribution in [1.29, 1.82) is 0 Å². The van der Waals surface area contributed by atoms with Gasteiger partial charge in [0.25, 0.3) is 0 Å². The lowest BCUT2D eigenvalue weighted by atomic mass is 10.2. The van der Waals surface area contributed by atoms with E-state index in [0.29, 0.717) is 0 Å².